The number of hydrogen-bond donors (Lipinski definition) is 1. The second-order valence-corrected chi connectivity index (χ2v) is 8.41. The van der Waals surface area contributed by atoms with Crippen LogP contribution in [0.2, 0.25) is 0 Å². The topological polar surface area (TPSA) is 126 Å². The molecule has 35 heavy (non-hydrogen) atoms. The Bertz CT molecular complexity index is 1460. The number of hydrogen-bond acceptors (Lipinski definition) is 9. The highest BCUT2D eigenvalue weighted by Gasteiger charge is 2.17. The van der Waals surface area contributed by atoms with Gasteiger partial charge in [-0.1, -0.05) is 23.9 Å². The number of methoxy groups -OCH3 is 1. The van der Waals surface area contributed by atoms with Crippen molar-refractivity contribution in [2.24, 2.45) is 0 Å². The Kier molecular flexibility index (Phi) is 7.16. The van der Waals surface area contributed by atoms with Crippen LogP contribution in [0.3, 0.4) is 0 Å². The summed E-state index contributed by atoms with van der Waals surface area (Å²) >= 11 is 1.18. The van der Waals surface area contributed by atoms with E-state index in [-0.39, 0.29) is 23.8 Å². The van der Waals surface area contributed by atoms with Gasteiger partial charge in [-0.15, -0.1) is 10.2 Å². The standard InChI is InChI=1S/C24H22N4O6S/c1-14-26-27-24(28(14)19-6-4-5-7-20(19)32-3)35-13-23(31)33-12-16-10-22(30)34-21-11-17(25-15(2)29)8-9-18(16)21/h4-11H,12-13H2,1-3H3,(H,25,29). The van der Waals surface area contributed by atoms with Crippen molar-refractivity contribution in [2.45, 2.75) is 25.6 Å². The van der Waals surface area contributed by atoms with Gasteiger partial charge in [-0.3, -0.25) is 14.2 Å². The second-order valence-electron chi connectivity index (χ2n) is 7.47. The first kappa shape index (κ1) is 24.0. The van der Waals surface area contributed by atoms with Gasteiger partial charge in [0.2, 0.25) is 5.91 Å². The predicted octanol–water partition coefficient (Wildman–Crippen LogP) is 3.48. The minimum Gasteiger partial charge on any atom is -0.495 e. The van der Waals surface area contributed by atoms with Gasteiger partial charge in [0.05, 0.1) is 18.6 Å². The van der Waals surface area contributed by atoms with Crippen LogP contribution >= 0.6 is 11.8 Å². The summed E-state index contributed by atoms with van der Waals surface area (Å²) < 4.78 is 17.9. The highest BCUT2D eigenvalue weighted by molar-refractivity contribution is 7.99. The summed E-state index contributed by atoms with van der Waals surface area (Å²) in [6, 6.07) is 13.6. The fourth-order valence-corrected chi connectivity index (χ4v) is 4.27. The molecule has 0 spiro atoms. The van der Waals surface area contributed by atoms with Crippen molar-refractivity contribution >= 4 is 40.3 Å². The summed E-state index contributed by atoms with van der Waals surface area (Å²) in [5, 5.41) is 12.0. The lowest BCUT2D eigenvalue weighted by molar-refractivity contribution is -0.141. The van der Waals surface area contributed by atoms with Gasteiger partial charge in [-0.25, -0.2) is 4.79 Å². The lowest BCUT2D eigenvalue weighted by atomic mass is 10.1. The van der Waals surface area contributed by atoms with E-state index in [1.165, 1.54) is 24.8 Å². The molecule has 0 atom stereocenters. The number of ether oxygens (including phenoxy) is 2. The molecule has 2 aromatic carbocycles. The molecule has 0 saturated heterocycles. The number of fused-ring (bicyclic) bond motifs is 1. The number of aromatic nitrogens is 3. The van der Waals surface area contributed by atoms with Crippen LogP contribution in [0.25, 0.3) is 16.7 Å². The predicted molar refractivity (Wildman–Crippen MR) is 130 cm³/mol. The van der Waals surface area contributed by atoms with Gasteiger partial charge in [0, 0.05) is 35.7 Å². The number of amides is 1. The third-order valence-corrected chi connectivity index (χ3v) is 5.88. The summed E-state index contributed by atoms with van der Waals surface area (Å²) in [7, 11) is 1.58. The molecule has 180 valence electrons. The SMILES string of the molecule is COc1ccccc1-n1c(C)nnc1SCC(=O)OCc1cc(=O)oc2cc(NC(C)=O)ccc12. The number of nitrogens with one attached hydrogen (secondary N) is 1. The molecule has 4 aromatic rings. The molecule has 0 saturated carbocycles. The first-order chi connectivity index (χ1) is 16.9. The Hall–Kier alpha value is -4.12. The summed E-state index contributed by atoms with van der Waals surface area (Å²) in [4.78, 5) is 35.8. The van der Waals surface area contributed by atoms with Crippen LogP contribution in [0, 0.1) is 6.92 Å². The second kappa shape index (κ2) is 10.4. The third kappa shape index (κ3) is 5.52. The van der Waals surface area contributed by atoms with Crippen molar-refractivity contribution in [1.82, 2.24) is 14.8 Å². The van der Waals surface area contributed by atoms with E-state index >= 15 is 0 Å². The molecule has 0 radical (unpaired) electrons. The molecule has 4 rings (SSSR count). The van der Waals surface area contributed by atoms with Crippen LogP contribution in [0.15, 0.2) is 62.9 Å². The van der Waals surface area contributed by atoms with Crippen LogP contribution in [0.5, 0.6) is 5.75 Å². The van der Waals surface area contributed by atoms with Crippen LogP contribution < -0.4 is 15.7 Å². The number of carbonyl (C=O) groups is 2. The average molecular weight is 495 g/mol. The summed E-state index contributed by atoms with van der Waals surface area (Å²) in [5.41, 5.74) is 1.45. The van der Waals surface area contributed by atoms with E-state index in [0.717, 1.165) is 5.69 Å². The minimum atomic E-state index is -0.585. The van der Waals surface area contributed by atoms with Crippen LogP contribution in [-0.2, 0) is 20.9 Å². The lowest BCUT2D eigenvalue weighted by Gasteiger charge is -2.12. The molecular formula is C24H22N4O6S. The number of aryl methyl sites for hydroxylation is 1. The number of para-hydroxylation sites is 2. The van der Waals surface area contributed by atoms with Crippen LogP contribution in [0.1, 0.15) is 18.3 Å². The van der Waals surface area contributed by atoms with E-state index in [4.69, 9.17) is 13.9 Å². The Labute approximate surface area is 204 Å². The van der Waals surface area contributed by atoms with E-state index in [0.29, 0.717) is 33.4 Å². The minimum absolute atomic E-state index is 0.0145. The Morgan fingerprint density at radius 3 is 2.71 bits per heavy atom. The monoisotopic (exact) mass is 494 g/mol. The van der Waals surface area contributed by atoms with Crippen molar-refractivity contribution in [1.29, 1.82) is 0 Å². The number of carbonyl (C=O) groups excluding carboxylic acids is 2. The van der Waals surface area contributed by atoms with Gasteiger partial charge in [0.25, 0.3) is 0 Å². The molecule has 1 N–H and O–H groups in total. The zero-order valence-electron chi connectivity index (χ0n) is 19.2. The van der Waals surface area contributed by atoms with Crippen LogP contribution in [-0.4, -0.2) is 39.5 Å². The fraction of sp³-hybridized carbons (Fsp3) is 0.208. The molecule has 2 aromatic heterocycles. The van der Waals surface area contributed by atoms with Gasteiger partial charge in [-0.2, -0.15) is 0 Å². The number of thioether (sulfide) groups is 1. The highest BCUT2D eigenvalue weighted by atomic mass is 32.2. The zero-order chi connectivity index (χ0) is 24.9. The van der Waals surface area contributed by atoms with E-state index < -0.39 is 11.6 Å². The molecule has 0 aliphatic heterocycles. The van der Waals surface area contributed by atoms with E-state index in [9.17, 15) is 14.4 Å². The molecular weight excluding hydrogens is 472 g/mol. The average Bonchev–Trinajstić information content (AvgIpc) is 3.20. The maximum atomic E-state index is 12.5. The highest BCUT2D eigenvalue weighted by Crippen LogP contribution is 2.28. The number of rotatable bonds is 8. The maximum absolute atomic E-state index is 12.5. The third-order valence-electron chi connectivity index (χ3n) is 4.98. The van der Waals surface area contributed by atoms with E-state index in [2.05, 4.69) is 15.5 Å². The first-order valence-corrected chi connectivity index (χ1v) is 11.5. The molecule has 0 aliphatic carbocycles. The molecule has 0 bridgehead atoms. The maximum Gasteiger partial charge on any atom is 0.336 e. The van der Waals surface area contributed by atoms with Crippen molar-refractivity contribution in [3.63, 3.8) is 0 Å². The number of esters is 1. The van der Waals surface area contributed by atoms with Crippen molar-refractivity contribution in [2.75, 3.05) is 18.2 Å². The number of nitrogens with zero attached hydrogens (tertiary/aromatic N) is 3. The van der Waals surface area contributed by atoms with Gasteiger partial charge < -0.3 is 19.2 Å². The molecule has 10 nitrogen and oxygen atoms in total. The van der Waals surface area contributed by atoms with Crippen molar-refractivity contribution < 1.29 is 23.5 Å². The molecule has 11 heteroatoms. The molecule has 0 fully saturated rings. The summed E-state index contributed by atoms with van der Waals surface area (Å²) in [5.74, 6) is 0.548. The van der Waals surface area contributed by atoms with Gasteiger partial charge in [0.1, 0.15) is 23.8 Å². The van der Waals surface area contributed by atoms with Crippen LogP contribution in [0.4, 0.5) is 5.69 Å². The summed E-state index contributed by atoms with van der Waals surface area (Å²) in [6.07, 6.45) is 0. The molecule has 2 heterocycles. The first-order valence-electron chi connectivity index (χ1n) is 10.5. The Morgan fingerprint density at radius 1 is 1.14 bits per heavy atom. The quantitative estimate of drug-likeness (QED) is 0.223. The van der Waals surface area contributed by atoms with Gasteiger partial charge >= 0.3 is 11.6 Å². The van der Waals surface area contributed by atoms with E-state index in [1.807, 2.05) is 31.2 Å². The number of benzene rings is 2. The molecule has 0 aliphatic rings. The van der Waals surface area contributed by atoms with Gasteiger partial charge in [-0.05, 0) is 31.2 Å². The Morgan fingerprint density at radius 2 is 1.94 bits per heavy atom. The smallest absolute Gasteiger partial charge is 0.336 e. The zero-order valence-corrected chi connectivity index (χ0v) is 20.0. The molecule has 1 amide bonds. The van der Waals surface area contributed by atoms with Crippen molar-refractivity contribution in [3.8, 4) is 11.4 Å². The van der Waals surface area contributed by atoms with E-state index in [1.54, 1.807) is 29.9 Å². The largest absolute Gasteiger partial charge is 0.495 e. The fourth-order valence-electron chi connectivity index (χ4n) is 3.48. The molecule has 0 unspecified atom stereocenters. The lowest BCUT2D eigenvalue weighted by Crippen LogP contribution is -2.11. The normalized spacial score (nSPS) is 10.8. The van der Waals surface area contributed by atoms with Gasteiger partial charge in [0.15, 0.2) is 5.16 Å². The Balaban J connectivity index is 1.46. The summed E-state index contributed by atoms with van der Waals surface area (Å²) in [6.45, 7) is 3.08. The number of anilines is 1. The van der Waals surface area contributed by atoms with Crippen molar-refractivity contribution in [3.05, 3.63) is 70.3 Å².